The molecule has 6 heteroatoms. The summed E-state index contributed by atoms with van der Waals surface area (Å²) in [6.45, 7) is 8.15. The van der Waals surface area contributed by atoms with Gasteiger partial charge in [0.25, 0.3) is 0 Å². The summed E-state index contributed by atoms with van der Waals surface area (Å²) in [6, 6.07) is 6.01. The van der Waals surface area contributed by atoms with Crippen molar-refractivity contribution >= 4 is 39.7 Å². The third kappa shape index (κ3) is 3.90. The van der Waals surface area contributed by atoms with Crippen LogP contribution in [0.25, 0.3) is 16.5 Å². The van der Waals surface area contributed by atoms with Gasteiger partial charge in [0, 0.05) is 28.3 Å². The van der Waals surface area contributed by atoms with E-state index in [-0.39, 0.29) is 10.9 Å². The van der Waals surface area contributed by atoms with Crippen LogP contribution in [0.2, 0.25) is 5.02 Å². The van der Waals surface area contributed by atoms with Gasteiger partial charge in [-0.05, 0) is 63.1 Å². The number of hydrogen-bond acceptors (Lipinski definition) is 3. The van der Waals surface area contributed by atoms with E-state index in [2.05, 4.69) is 5.32 Å². The summed E-state index contributed by atoms with van der Waals surface area (Å²) < 4.78 is 24.8. The Kier molecular flexibility index (Phi) is 5.75. The molecule has 0 unspecified atom stereocenters. The number of halogens is 2. The van der Waals surface area contributed by atoms with E-state index in [0.717, 1.165) is 33.2 Å². The number of rotatable bonds is 5. The third-order valence-corrected chi connectivity index (χ3v) is 4.78. The van der Waals surface area contributed by atoms with E-state index in [9.17, 15) is 9.18 Å². The lowest BCUT2D eigenvalue weighted by Gasteiger charge is -2.14. The van der Waals surface area contributed by atoms with Crippen molar-refractivity contribution in [2.75, 3.05) is 11.9 Å². The van der Waals surface area contributed by atoms with Crippen LogP contribution in [0.15, 0.2) is 41.0 Å². The molecule has 4 nitrogen and oxygen atoms in total. The molecule has 0 fully saturated rings. The smallest absolute Gasteiger partial charge is 0.248 e. The second kappa shape index (κ2) is 8.07. The Hall–Kier alpha value is -2.79. The average Bonchev–Trinajstić information content (AvgIpc) is 3.01. The molecular formula is C22H21ClFNO3. The predicted octanol–water partition coefficient (Wildman–Crippen LogP) is 6.28. The number of fused-ring (bicyclic) bond motifs is 1. The third-order valence-electron chi connectivity index (χ3n) is 4.49. The Morgan fingerprint density at radius 3 is 2.75 bits per heavy atom. The van der Waals surface area contributed by atoms with Gasteiger partial charge in [-0.2, -0.15) is 0 Å². The molecular weight excluding hydrogens is 381 g/mol. The van der Waals surface area contributed by atoms with Gasteiger partial charge >= 0.3 is 0 Å². The molecule has 3 aromatic rings. The Bertz CT molecular complexity index is 1090. The van der Waals surface area contributed by atoms with E-state index < -0.39 is 5.82 Å². The van der Waals surface area contributed by atoms with Crippen molar-refractivity contribution in [1.29, 1.82) is 0 Å². The van der Waals surface area contributed by atoms with Crippen molar-refractivity contribution in [2.45, 2.75) is 27.7 Å². The van der Waals surface area contributed by atoms with Crippen molar-refractivity contribution in [3.8, 4) is 5.75 Å². The summed E-state index contributed by atoms with van der Waals surface area (Å²) in [5, 5.41) is 3.63. The number of aryl methyl sites for hydroxylation is 2. The Balaban J connectivity index is 1.97. The summed E-state index contributed by atoms with van der Waals surface area (Å²) >= 11 is 5.76. The molecule has 0 bridgehead atoms. The summed E-state index contributed by atoms with van der Waals surface area (Å²) in [5.41, 5.74) is 4.66. The van der Waals surface area contributed by atoms with E-state index >= 15 is 0 Å². The maximum Gasteiger partial charge on any atom is 0.248 e. The summed E-state index contributed by atoms with van der Waals surface area (Å²) in [6.07, 6.45) is 3.19. The molecule has 28 heavy (non-hydrogen) atoms. The minimum absolute atomic E-state index is 0.0476. The lowest BCUT2D eigenvalue weighted by Crippen LogP contribution is -2.09. The maximum atomic E-state index is 13.3. The Morgan fingerprint density at radius 2 is 2.07 bits per heavy atom. The van der Waals surface area contributed by atoms with Gasteiger partial charge in [-0.15, -0.1) is 0 Å². The van der Waals surface area contributed by atoms with Gasteiger partial charge in [0.2, 0.25) is 5.91 Å². The van der Waals surface area contributed by atoms with Crippen LogP contribution in [0.3, 0.4) is 0 Å². The van der Waals surface area contributed by atoms with Gasteiger partial charge < -0.3 is 14.5 Å². The lowest BCUT2D eigenvalue weighted by atomic mass is 9.98. The molecule has 3 rings (SSSR count). The van der Waals surface area contributed by atoms with Crippen molar-refractivity contribution in [1.82, 2.24) is 0 Å². The van der Waals surface area contributed by atoms with Gasteiger partial charge in [-0.3, -0.25) is 4.79 Å². The number of benzene rings is 2. The van der Waals surface area contributed by atoms with Crippen LogP contribution in [0, 0.1) is 19.7 Å². The van der Waals surface area contributed by atoms with Crippen LogP contribution in [-0.4, -0.2) is 12.5 Å². The zero-order chi connectivity index (χ0) is 20.4. The van der Waals surface area contributed by atoms with Gasteiger partial charge in [0.1, 0.15) is 17.1 Å². The fraction of sp³-hybridized carbons (Fsp3) is 0.227. The van der Waals surface area contributed by atoms with Crippen LogP contribution in [0.1, 0.15) is 30.5 Å². The number of carbonyl (C=O) groups excluding carboxylic acids is 1. The number of allylic oxidation sites excluding steroid dienone is 1. The molecule has 1 N–H and O–H groups in total. The lowest BCUT2D eigenvalue weighted by molar-refractivity contribution is -0.111. The molecule has 0 radical (unpaired) electrons. The zero-order valence-corrected chi connectivity index (χ0v) is 16.9. The van der Waals surface area contributed by atoms with Crippen LogP contribution in [0.5, 0.6) is 5.75 Å². The number of ether oxygens (including phenoxy) is 1. The molecule has 1 heterocycles. The molecule has 0 atom stereocenters. The minimum atomic E-state index is -0.535. The first-order valence-electron chi connectivity index (χ1n) is 8.90. The van der Waals surface area contributed by atoms with Crippen LogP contribution in [-0.2, 0) is 4.79 Å². The SMILES string of the molecule is CCOc1c(/C(C)=C/C(=O)Nc2ccc(F)c(Cl)c2)cc2c(C)coc2c1C. The first-order valence-corrected chi connectivity index (χ1v) is 9.28. The maximum absolute atomic E-state index is 13.3. The summed E-state index contributed by atoms with van der Waals surface area (Å²) in [7, 11) is 0. The summed E-state index contributed by atoms with van der Waals surface area (Å²) in [4.78, 5) is 12.4. The van der Waals surface area contributed by atoms with Crippen molar-refractivity contribution in [3.63, 3.8) is 0 Å². The molecule has 2 aromatic carbocycles. The minimum Gasteiger partial charge on any atom is -0.493 e. The number of carbonyl (C=O) groups is 1. The van der Waals surface area contributed by atoms with Gasteiger partial charge in [-0.1, -0.05) is 11.6 Å². The molecule has 0 spiro atoms. The normalized spacial score (nSPS) is 11.7. The van der Waals surface area contributed by atoms with E-state index in [1.54, 1.807) is 6.26 Å². The highest BCUT2D eigenvalue weighted by molar-refractivity contribution is 6.31. The molecule has 1 aromatic heterocycles. The molecule has 0 saturated carbocycles. The fourth-order valence-electron chi connectivity index (χ4n) is 3.09. The Morgan fingerprint density at radius 1 is 1.32 bits per heavy atom. The molecule has 1 amide bonds. The van der Waals surface area contributed by atoms with Gasteiger partial charge in [0.15, 0.2) is 0 Å². The van der Waals surface area contributed by atoms with E-state index in [0.29, 0.717) is 18.0 Å². The first-order chi connectivity index (χ1) is 13.3. The second-order valence-corrected chi connectivity index (χ2v) is 6.96. The number of amides is 1. The first kappa shape index (κ1) is 20.0. The number of anilines is 1. The standard InChI is InChI=1S/C22H21ClFNO3/c1-5-27-21-14(4)22-17(13(3)11-28-22)10-16(21)12(2)8-20(26)25-15-6-7-19(24)18(23)9-15/h6-11H,5H2,1-4H3,(H,25,26)/b12-8+. The Labute approximate surface area is 167 Å². The molecule has 146 valence electrons. The van der Waals surface area contributed by atoms with Crippen LogP contribution < -0.4 is 10.1 Å². The predicted molar refractivity (Wildman–Crippen MR) is 111 cm³/mol. The van der Waals surface area contributed by atoms with Crippen LogP contribution in [0.4, 0.5) is 10.1 Å². The summed E-state index contributed by atoms with van der Waals surface area (Å²) in [5.74, 6) is -0.188. The molecule has 0 aliphatic rings. The van der Waals surface area contributed by atoms with Crippen molar-refractivity contribution in [3.05, 3.63) is 64.1 Å². The molecule has 0 saturated heterocycles. The number of hydrogen-bond donors (Lipinski definition) is 1. The van der Waals surface area contributed by atoms with E-state index in [1.165, 1.54) is 24.3 Å². The van der Waals surface area contributed by atoms with E-state index in [1.807, 2.05) is 33.8 Å². The molecule has 0 aliphatic heterocycles. The van der Waals surface area contributed by atoms with Gasteiger partial charge in [-0.25, -0.2) is 4.39 Å². The fourth-order valence-corrected chi connectivity index (χ4v) is 3.27. The number of furan rings is 1. The van der Waals surface area contributed by atoms with Gasteiger partial charge in [0.05, 0.1) is 17.9 Å². The quantitative estimate of drug-likeness (QED) is 0.511. The second-order valence-electron chi connectivity index (χ2n) is 6.55. The average molecular weight is 402 g/mol. The largest absolute Gasteiger partial charge is 0.493 e. The van der Waals surface area contributed by atoms with Crippen molar-refractivity contribution < 1.29 is 18.3 Å². The van der Waals surface area contributed by atoms with Crippen LogP contribution >= 0.6 is 11.6 Å². The zero-order valence-electron chi connectivity index (χ0n) is 16.2. The van der Waals surface area contributed by atoms with E-state index in [4.69, 9.17) is 20.8 Å². The highest BCUT2D eigenvalue weighted by Gasteiger charge is 2.17. The monoisotopic (exact) mass is 401 g/mol. The topological polar surface area (TPSA) is 51.5 Å². The highest BCUT2D eigenvalue weighted by Crippen LogP contribution is 2.37. The molecule has 0 aliphatic carbocycles. The highest BCUT2D eigenvalue weighted by atomic mass is 35.5. The number of nitrogens with one attached hydrogen (secondary N) is 1. The van der Waals surface area contributed by atoms with Crippen molar-refractivity contribution in [2.24, 2.45) is 0 Å².